The third kappa shape index (κ3) is 8.10. The van der Waals surface area contributed by atoms with E-state index in [4.69, 9.17) is 18.0 Å². The predicted octanol–water partition coefficient (Wildman–Crippen LogP) is 1.29. The summed E-state index contributed by atoms with van der Waals surface area (Å²) in [6, 6.07) is 0.274. The maximum Gasteiger partial charge on any atom is 0.234 e. The summed E-state index contributed by atoms with van der Waals surface area (Å²) in [6.07, 6.45) is 2.91. The highest BCUT2D eigenvalue weighted by Crippen LogP contribution is 1.97. The van der Waals surface area contributed by atoms with Gasteiger partial charge in [-0.1, -0.05) is 33.0 Å². The summed E-state index contributed by atoms with van der Waals surface area (Å²) in [4.78, 5) is 14.2. The number of rotatable bonds is 9. The van der Waals surface area contributed by atoms with Gasteiger partial charge < -0.3 is 11.1 Å². The third-order valence-electron chi connectivity index (χ3n) is 2.64. The van der Waals surface area contributed by atoms with Gasteiger partial charge in [-0.05, 0) is 25.8 Å². The lowest BCUT2D eigenvalue weighted by Crippen LogP contribution is -2.44. The van der Waals surface area contributed by atoms with Gasteiger partial charge in [-0.15, -0.1) is 0 Å². The Balaban J connectivity index is 4.14. The lowest BCUT2D eigenvalue weighted by molar-refractivity contribution is -0.122. The van der Waals surface area contributed by atoms with Gasteiger partial charge in [-0.25, -0.2) is 0 Å². The molecule has 0 fully saturated rings. The molecule has 0 unspecified atom stereocenters. The topological polar surface area (TPSA) is 58.4 Å². The average molecular weight is 259 g/mol. The summed E-state index contributed by atoms with van der Waals surface area (Å²) in [5.41, 5.74) is 5.51. The smallest absolute Gasteiger partial charge is 0.234 e. The second-order valence-electron chi connectivity index (χ2n) is 4.26. The number of nitrogens with two attached hydrogens (primary N) is 1. The van der Waals surface area contributed by atoms with Crippen molar-refractivity contribution >= 4 is 23.1 Å². The van der Waals surface area contributed by atoms with Crippen LogP contribution in [0.3, 0.4) is 0 Å². The Morgan fingerprint density at radius 1 is 1.29 bits per heavy atom. The lowest BCUT2D eigenvalue weighted by atomic mass is 10.2. The molecule has 5 heteroatoms. The van der Waals surface area contributed by atoms with E-state index in [-0.39, 0.29) is 11.9 Å². The minimum atomic E-state index is 0.0587. The summed E-state index contributed by atoms with van der Waals surface area (Å²) in [6.45, 7) is 7.96. The number of hydrogen-bond donors (Lipinski definition) is 2. The molecule has 0 aromatic heterocycles. The van der Waals surface area contributed by atoms with Crippen LogP contribution in [0.1, 0.15) is 40.0 Å². The van der Waals surface area contributed by atoms with E-state index in [1.54, 1.807) is 0 Å². The molecule has 0 atom stereocenters. The van der Waals surface area contributed by atoms with Crippen molar-refractivity contribution in [2.45, 2.75) is 46.1 Å². The Hall–Kier alpha value is -0.680. The van der Waals surface area contributed by atoms with E-state index in [1.165, 1.54) is 0 Å². The van der Waals surface area contributed by atoms with Crippen LogP contribution in [0.25, 0.3) is 0 Å². The molecule has 0 saturated carbocycles. The molecule has 0 aliphatic carbocycles. The summed E-state index contributed by atoms with van der Waals surface area (Å²) < 4.78 is 0. The highest BCUT2D eigenvalue weighted by Gasteiger charge is 2.13. The minimum absolute atomic E-state index is 0.0587. The largest absolute Gasteiger partial charge is 0.392 e. The standard InChI is InChI=1S/C12H25N3OS/c1-4-7-15(8-11(13)17)9-12(16)14-10(5-2)6-3/h10H,4-9H2,1-3H3,(H2,13,17)(H,14,16). The van der Waals surface area contributed by atoms with E-state index in [9.17, 15) is 4.79 Å². The zero-order valence-electron chi connectivity index (χ0n) is 11.2. The van der Waals surface area contributed by atoms with E-state index in [0.29, 0.717) is 18.1 Å². The van der Waals surface area contributed by atoms with Crippen LogP contribution in [0.15, 0.2) is 0 Å². The fourth-order valence-corrected chi connectivity index (χ4v) is 1.90. The van der Waals surface area contributed by atoms with Gasteiger partial charge in [0.2, 0.25) is 5.91 Å². The van der Waals surface area contributed by atoms with Gasteiger partial charge in [0.15, 0.2) is 0 Å². The quantitative estimate of drug-likeness (QED) is 0.613. The zero-order valence-corrected chi connectivity index (χ0v) is 12.0. The molecule has 1 amide bonds. The molecular formula is C12H25N3OS. The van der Waals surface area contributed by atoms with E-state index < -0.39 is 0 Å². The van der Waals surface area contributed by atoms with Gasteiger partial charge in [-0.2, -0.15) is 0 Å². The molecule has 100 valence electrons. The molecule has 0 bridgehead atoms. The van der Waals surface area contributed by atoms with Crippen LogP contribution in [0, 0.1) is 0 Å². The molecule has 17 heavy (non-hydrogen) atoms. The molecule has 4 nitrogen and oxygen atoms in total. The number of carbonyl (C=O) groups is 1. The van der Waals surface area contributed by atoms with Crippen LogP contribution in [0.2, 0.25) is 0 Å². The van der Waals surface area contributed by atoms with Crippen molar-refractivity contribution in [3.8, 4) is 0 Å². The maximum atomic E-state index is 11.8. The van der Waals surface area contributed by atoms with Crippen molar-refractivity contribution < 1.29 is 4.79 Å². The van der Waals surface area contributed by atoms with E-state index in [2.05, 4.69) is 26.1 Å². The Labute approximate surface area is 110 Å². The first-order valence-corrected chi connectivity index (χ1v) is 6.74. The number of nitrogens with zero attached hydrogens (tertiary/aromatic N) is 1. The first kappa shape index (κ1) is 16.3. The van der Waals surface area contributed by atoms with Gasteiger partial charge >= 0.3 is 0 Å². The van der Waals surface area contributed by atoms with Crippen LogP contribution in [0.5, 0.6) is 0 Å². The van der Waals surface area contributed by atoms with E-state index in [1.807, 2.05) is 4.90 Å². The maximum absolute atomic E-state index is 11.8. The van der Waals surface area contributed by atoms with Crippen LogP contribution in [-0.2, 0) is 4.79 Å². The molecule has 0 aromatic carbocycles. The molecule has 0 rings (SSSR count). The van der Waals surface area contributed by atoms with Crippen LogP contribution in [0.4, 0.5) is 0 Å². The lowest BCUT2D eigenvalue weighted by Gasteiger charge is -2.22. The molecule has 0 aromatic rings. The van der Waals surface area contributed by atoms with Gasteiger partial charge in [0, 0.05) is 12.6 Å². The van der Waals surface area contributed by atoms with Crippen LogP contribution >= 0.6 is 12.2 Å². The molecule has 0 saturated heterocycles. The fourth-order valence-electron chi connectivity index (χ4n) is 1.72. The van der Waals surface area contributed by atoms with Crippen molar-refractivity contribution in [2.75, 3.05) is 19.6 Å². The number of nitrogens with one attached hydrogen (secondary N) is 1. The van der Waals surface area contributed by atoms with E-state index >= 15 is 0 Å². The predicted molar refractivity (Wildman–Crippen MR) is 76.0 cm³/mol. The molecule has 0 spiro atoms. The third-order valence-corrected chi connectivity index (χ3v) is 2.77. The SMILES string of the molecule is CCCN(CC(=O)NC(CC)CC)CC(N)=S. The Morgan fingerprint density at radius 2 is 1.88 bits per heavy atom. The first-order valence-electron chi connectivity index (χ1n) is 6.33. The van der Waals surface area contributed by atoms with Gasteiger partial charge in [0.1, 0.15) is 0 Å². The number of hydrogen-bond acceptors (Lipinski definition) is 3. The van der Waals surface area contributed by atoms with Crippen molar-refractivity contribution in [3.05, 3.63) is 0 Å². The molecule has 0 aliphatic rings. The van der Waals surface area contributed by atoms with Crippen LogP contribution in [-0.4, -0.2) is 41.5 Å². The minimum Gasteiger partial charge on any atom is -0.392 e. The second-order valence-corrected chi connectivity index (χ2v) is 4.78. The van der Waals surface area contributed by atoms with Gasteiger partial charge in [0.05, 0.1) is 11.5 Å². The molecule has 0 heterocycles. The number of amides is 1. The molecular weight excluding hydrogens is 234 g/mol. The molecule has 0 radical (unpaired) electrons. The molecule has 3 N–H and O–H groups in total. The number of carbonyl (C=O) groups excluding carboxylic acids is 1. The summed E-state index contributed by atoms with van der Waals surface area (Å²) in [5.74, 6) is 0.0587. The normalized spacial score (nSPS) is 10.9. The Bertz CT molecular complexity index is 242. The van der Waals surface area contributed by atoms with Gasteiger partial charge in [0.25, 0.3) is 0 Å². The highest BCUT2D eigenvalue weighted by atomic mass is 32.1. The summed E-state index contributed by atoms with van der Waals surface area (Å²) in [5, 5.41) is 3.01. The van der Waals surface area contributed by atoms with Crippen LogP contribution < -0.4 is 11.1 Å². The Morgan fingerprint density at radius 3 is 2.29 bits per heavy atom. The number of thiocarbonyl (C=S) groups is 1. The molecule has 0 aliphatic heterocycles. The first-order chi connectivity index (χ1) is 8.03. The monoisotopic (exact) mass is 259 g/mol. The highest BCUT2D eigenvalue weighted by molar-refractivity contribution is 7.80. The summed E-state index contributed by atoms with van der Waals surface area (Å²) >= 11 is 4.88. The summed E-state index contributed by atoms with van der Waals surface area (Å²) in [7, 11) is 0. The van der Waals surface area contributed by atoms with Crippen molar-refractivity contribution in [1.29, 1.82) is 0 Å². The fraction of sp³-hybridized carbons (Fsp3) is 0.833. The Kier molecular flexibility index (Phi) is 8.99. The van der Waals surface area contributed by atoms with E-state index in [0.717, 1.165) is 25.8 Å². The van der Waals surface area contributed by atoms with Crippen molar-refractivity contribution in [2.24, 2.45) is 5.73 Å². The van der Waals surface area contributed by atoms with Crippen molar-refractivity contribution in [1.82, 2.24) is 10.2 Å². The zero-order chi connectivity index (χ0) is 13.3. The second kappa shape index (κ2) is 9.36. The van der Waals surface area contributed by atoms with Gasteiger partial charge in [-0.3, -0.25) is 9.69 Å². The average Bonchev–Trinajstić information content (AvgIpc) is 2.25. The van der Waals surface area contributed by atoms with Crippen molar-refractivity contribution in [3.63, 3.8) is 0 Å².